The second-order valence-electron chi connectivity index (χ2n) is 5.28. The topological polar surface area (TPSA) is 55.8 Å². The first-order valence-corrected chi connectivity index (χ1v) is 9.31. The highest BCUT2D eigenvalue weighted by molar-refractivity contribution is 9.10. The summed E-state index contributed by atoms with van der Waals surface area (Å²) in [6.45, 7) is 6.23. The molecule has 1 aliphatic heterocycles. The van der Waals surface area contributed by atoms with Crippen LogP contribution in [-0.4, -0.2) is 35.8 Å². The zero-order chi connectivity index (χ0) is 17.9. The van der Waals surface area contributed by atoms with E-state index >= 15 is 0 Å². The fourth-order valence-electron chi connectivity index (χ4n) is 2.30. The number of ether oxygens (including phenoxy) is 2. The molecule has 0 unspecified atom stereocenters. The molecule has 1 aliphatic rings. The molecule has 130 valence electrons. The maximum atomic E-state index is 12.5. The average Bonchev–Trinajstić information content (AvgIpc) is 2.83. The van der Waals surface area contributed by atoms with Gasteiger partial charge in [-0.2, -0.15) is 0 Å². The molecule has 2 amide bonds. The van der Waals surface area contributed by atoms with Crippen LogP contribution in [0, 0.1) is 0 Å². The summed E-state index contributed by atoms with van der Waals surface area (Å²) in [5.74, 6) is 0.937. The quantitative estimate of drug-likeness (QED) is 0.632. The molecule has 1 atom stereocenters. The number of imide groups is 1. The van der Waals surface area contributed by atoms with Crippen LogP contribution in [0.25, 0.3) is 6.08 Å². The minimum absolute atomic E-state index is 0.106. The smallest absolute Gasteiger partial charge is 0.293 e. The number of methoxy groups -OCH3 is 1. The highest BCUT2D eigenvalue weighted by atomic mass is 79.9. The van der Waals surface area contributed by atoms with Crippen LogP contribution in [0.5, 0.6) is 11.5 Å². The van der Waals surface area contributed by atoms with Gasteiger partial charge in [-0.05, 0) is 71.7 Å². The number of benzene rings is 1. The minimum atomic E-state index is -0.247. The van der Waals surface area contributed by atoms with E-state index < -0.39 is 0 Å². The Labute approximate surface area is 154 Å². The lowest BCUT2D eigenvalue weighted by molar-refractivity contribution is -0.124. The molecule has 0 saturated carbocycles. The van der Waals surface area contributed by atoms with Gasteiger partial charge in [0.1, 0.15) is 0 Å². The van der Waals surface area contributed by atoms with Crippen LogP contribution in [0.2, 0.25) is 0 Å². The van der Waals surface area contributed by atoms with Gasteiger partial charge in [-0.3, -0.25) is 14.5 Å². The molecule has 1 heterocycles. The van der Waals surface area contributed by atoms with Gasteiger partial charge in [-0.25, -0.2) is 0 Å². The summed E-state index contributed by atoms with van der Waals surface area (Å²) in [7, 11) is 1.56. The van der Waals surface area contributed by atoms with Crippen LogP contribution < -0.4 is 9.47 Å². The summed E-state index contributed by atoms with van der Waals surface area (Å²) in [4.78, 5) is 26.3. The lowest BCUT2D eigenvalue weighted by atomic mass is 10.1. The normalized spacial score (nSPS) is 17.5. The standard InChI is InChI=1S/C17H20BrNO4S/c1-5-10(3)19-16(20)14(24-17(19)21)9-11-7-12(18)15(23-6-2)13(8-11)22-4/h7-10H,5-6H2,1-4H3/b14-9+/t10-/m0/s1. The van der Waals surface area contributed by atoms with Crippen molar-refractivity contribution in [1.29, 1.82) is 0 Å². The van der Waals surface area contributed by atoms with E-state index in [-0.39, 0.29) is 17.2 Å². The molecule has 2 rings (SSSR count). The Hall–Kier alpha value is -1.47. The molecule has 0 N–H and O–H groups in total. The number of hydrogen-bond acceptors (Lipinski definition) is 5. The Morgan fingerprint density at radius 2 is 2.04 bits per heavy atom. The van der Waals surface area contributed by atoms with E-state index in [1.54, 1.807) is 19.3 Å². The summed E-state index contributed by atoms with van der Waals surface area (Å²) < 4.78 is 11.6. The van der Waals surface area contributed by atoms with Gasteiger partial charge in [0.15, 0.2) is 11.5 Å². The van der Waals surface area contributed by atoms with Crippen molar-refractivity contribution < 1.29 is 19.1 Å². The molecule has 7 heteroatoms. The first-order chi connectivity index (χ1) is 11.4. The fourth-order valence-corrected chi connectivity index (χ4v) is 3.81. The molecular formula is C17H20BrNO4S. The summed E-state index contributed by atoms with van der Waals surface area (Å²) in [6.07, 6.45) is 2.43. The van der Waals surface area contributed by atoms with E-state index in [0.29, 0.717) is 23.0 Å². The van der Waals surface area contributed by atoms with E-state index in [0.717, 1.165) is 28.2 Å². The van der Waals surface area contributed by atoms with Gasteiger partial charge in [-0.1, -0.05) is 6.92 Å². The molecular weight excluding hydrogens is 394 g/mol. The number of halogens is 1. The van der Waals surface area contributed by atoms with Gasteiger partial charge < -0.3 is 9.47 Å². The third kappa shape index (κ3) is 3.78. The largest absolute Gasteiger partial charge is 0.493 e. The van der Waals surface area contributed by atoms with E-state index in [9.17, 15) is 9.59 Å². The van der Waals surface area contributed by atoms with E-state index in [2.05, 4.69) is 15.9 Å². The van der Waals surface area contributed by atoms with Crippen molar-refractivity contribution in [2.75, 3.05) is 13.7 Å². The SMILES string of the molecule is CCOc1c(Br)cc(/C=C2/SC(=O)N([C@@H](C)CC)C2=O)cc1OC. The summed E-state index contributed by atoms with van der Waals surface area (Å²) in [5, 5.41) is -0.224. The van der Waals surface area contributed by atoms with Gasteiger partial charge in [0.25, 0.3) is 11.1 Å². The van der Waals surface area contributed by atoms with Crippen LogP contribution in [0.4, 0.5) is 4.79 Å². The zero-order valence-electron chi connectivity index (χ0n) is 14.1. The van der Waals surface area contributed by atoms with Gasteiger partial charge in [0.2, 0.25) is 0 Å². The molecule has 1 saturated heterocycles. The molecule has 1 aromatic carbocycles. The third-order valence-electron chi connectivity index (χ3n) is 3.69. The van der Waals surface area contributed by atoms with Crippen LogP contribution >= 0.6 is 27.7 Å². The van der Waals surface area contributed by atoms with Gasteiger partial charge in [-0.15, -0.1) is 0 Å². The third-order valence-corrected chi connectivity index (χ3v) is 5.17. The van der Waals surface area contributed by atoms with Crippen molar-refractivity contribution >= 4 is 44.9 Å². The van der Waals surface area contributed by atoms with E-state index in [4.69, 9.17) is 9.47 Å². The Bertz CT molecular complexity index is 689. The molecule has 0 aromatic heterocycles. The van der Waals surface area contributed by atoms with Crippen molar-refractivity contribution in [3.05, 3.63) is 27.1 Å². The van der Waals surface area contributed by atoms with Gasteiger partial charge in [0.05, 0.1) is 23.1 Å². The number of carbonyl (C=O) groups is 2. The number of rotatable bonds is 6. The zero-order valence-corrected chi connectivity index (χ0v) is 16.5. The van der Waals surface area contributed by atoms with Crippen LogP contribution in [0.1, 0.15) is 32.8 Å². The lowest BCUT2D eigenvalue weighted by Gasteiger charge is -2.19. The van der Waals surface area contributed by atoms with Gasteiger partial charge in [0, 0.05) is 6.04 Å². The molecule has 5 nitrogen and oxygen atoms in total. The number of nitrogens with zero attached hydrogens (tertiary/aromatic N) is 1. The van der Waals surface area contributed by atoms with Crippen molar-refractivity contribution in [3.8, 4) is 11.5 Å². The predicted octanol–water partition coefficient (Wildman–Crippen LogP) is 4.69. The van der Waals surface area contributed by atoms with Crippen LogP contribution in [-0.2, 0) is 4.79 Å². The second-order valence-corrected chi connectivity index (χ2v) is 7.12. The first-order valence-electron chi connectivity index (χ1n) is 7.70. The lowest BCUT2D eigenvalue weighted by Crippen LogP contribution is -2.36. The molecule has 24 heavy (non-hydrogen) atoms. The van der Waals surface area contributed by atoms with Crippen molar-refractivity contribution in [1.82, 2.24) is 4.90 Å². The highest BCUT2D eigenvalue weighted by Crippen LogP contribution is 2.39. The Morgan fingerprint density at radius 3 is 2.62 bits per heavy atom. The molecule has 0 aliphatic carbocycles. The van der Waals surface area contributed by atoms with Crippen molar-refractivity contribution in [3.63, 3.8) is 0 Å². The summed E-state index contributed by atoms with van der Waals surface area (Å²) in [5.41, 5.74) is 0.761. The number of hydrogen-bond donors (Lipinski definition) is 0. The highest BCUT2D eigenvalue weighted by Gasteiger charge is 2.37. The Kier molecular flexibility index (Phi) is 6.34. The van der Waals surface area contributed by atoms with Crippen LogP contribution in [0.15, 0.2) is 21.5 Å². The average molecular weight is 414 g/mol. The molecule has 0 spiro atoms. The monoisotopic (exact) mass is 413 g/mol. The summed E-state index contributed by atoms with van der Waals surface area (Å²) in [6, 6.07) is 3.52. The number of carbonyl (C=O) groups excluding carboxylic acids is 2. The van der Waals surface area contributed by atoms with Crippen molar-refractivity contribution in [2.24, 2.45) is 0 Å². The minimum Gasteiger partial charge on any atom is -0.493 e. The van der Waals surface area contributed by atoms with Gasteiger partial charge >= 0.3 is 0 Å². The van der Waals surface area contributed by atoms with Crippen LogP contribution in [0.3, 0.4) is 0 Å². The van der Waals surface area contributed by atoms with E-state index in [1.807, 2.05) is 26.8 Å². The number of amides is 2. The second kappa shape index (κ2) is 8.07. The molecule has 0 radical (unpaired) electrons. The molecule has 1 fully saturated rings. The maximum Gasteiger partial charge on any atom is 0.293 e. The molecule has 1 aromatic rings. The predicted molar refractivity (Wildman–Crippen MR) is 99.4 cm³/mol. The Balaban J connectivity index is 2.37. The molecule has 0 bridgehead atoms. The fraction of sp³-hybridized carbons (Fsp3) is 0.412. The number of thioether (sulfide) groups is 1. The van der Waals surface area contributed by atoms with Crippen molar-refractivity contribution in [2.45, 2.75) is 33.2 Å². The first kappa shape index (κ1) is 18.9. The van der Waals surface area contributed by atoms with E-state index in [1.165, 1.54) is 4.90 Å². The maximum absolute atomic E-state index is 12.5. The Morgan fingerprint density at radius 1 is 1.33 bits per heavy atom. The summed E-state index contributed by atoms with van der Waals surface area (Å²) >= 11 is 4.42.